The van der Waals surface area contributed by atoms with Crippen LogP contribution >= 0.6 is 23.2 Å². The normalized spacial score (nSPS) is 10.4. The second kappa shape index (κ2) is 6.64. The number of benzene rings is 1. The quantitative estimate of drug-likeness (QED) is 0.840. The first-order valence-corrected chi connectivity index (χ1v) is 6.76. The molecule has 3 nitrogen and oxygen atoms in total. The highest BCUT2D eigenvalue weighted by Gasteiger charge is 2.10. The van der Waals surface area contributed by atoms with Crippen molar-refractivity contribution in [3.8, 4) is 0 Å². The maximum absolute atomic E-state index is 11.9. The summed E-state index contributed by atoms with van der Waals surface area (Å²) in [4.78, 5) is 11.9. The van der Waals surface area contributed by atoms with E-state index < -0.39 is 0 Å². The summed E-state index contributed by atoms with van der Waals surface area (Å²) in [5.74, 6) is -0.194. The molecule has 5 heteroatoms. The van der Waals surface area contributed by atoms with E-state index in [4.69, 9.17) is 23.2 Å². The molecule has 19 heavy (non-hydrogen) atoms. The van der Waals surface area contributed by atoms with Crippen LogP contribution in [0.1, 0.15) is 16.8 Å². The molecule has 0 saturated heterocycles. The molecule has 0 fully saturated rings. The van der Waals surface area contributed by atoms with Crippen LogP contribution in [0, 0.1) is 0 Å². The molecule has 0 aliphatic rings. The van der Waals surface area contributed by atoms with Crippen molar-refractivity contribution >= 4 is 29.1 Å². The van der Waals surface area contributed by atoms with Crippen LogP contribution in [0.15, 0.2) is 42.7 Å². The molecule has 0 radical (unpaired) electrons. The molecular weight excluding hydrogens is 283 g/mol. The minimum atomic E-state index is -0.194. The highest BCUT2D eigenvalue weighted by molar-refractivity contribution is 6.35. The van der Waals surface area contributed by atoms with E-state index in [1.165, 1.54) is 0 Å². The Labute approximate surface area is 122 Å². The molecule has 1 aromatic carbocycles. The molecule has 0 saturated carbocycles. The number of aromatic nitrogens is 1. The van der Waals surface area contributed by atoms with Crippen molar-refractivity contribution < 1.29 is 4.79 Å². The summed E-state index contributed by atoms with van der Waals surface area (Å²) in [6, 6.07) is 8.81. The van der Waals surface area contributed by atoms with Gasteiger partial charge in [-0.2, -0.15) is 0 Å². The Hall–Kier alpha value is -1.45. The number of halogens is 2. The second-order valence-corrected chi connectivity index (χ2v) is 5.00. The van der Waals surface area contributed by atoms with Crippen LogP contribution in [-0.2, 0) is 6.54 Å². The average molecular weight is 297 g/mol. The topological polar surface area (TPSA) is 34.0 Å². The lowest BCUT2D eigenvalue weighted by Crippen LogP contribution is -2.25. The van der Waals surface area contributed by atoms with Gasteiger partial charge in [0.05, 0.1) is 10.6 Å². The molecule has 100 valence electrons. The van der Waals surface area contributed by atoms with Gasteiger partial charge in [-0.3, -0.25) is 4.79 Å². The summed E-state index contributed by atoms with van der Waals surface area (Å²) in [7, 11) is 0. The van der Waals surface area contributed by atoms with Crippen LogP contribution in [-0.4, -0.2) is 17.0 Å². The van der Waals surface area contributed by atoms with Gasteiger partial charge in [0.2, 0.25) is 0 Å². The number of amides is 1. The van der Waals surface area contributed by atoms with Crippen molar-refractivity contribution in [2.24, 2.45) is 0 Å². The first kappa shape index (κ1) is 14.0. The predicted octanol–water partition coefficient (Wildman–Crippen LogP) is 3.62. The first-order valence-electron chi connectivity index (χ1n) is 6.01. The van der Waals surface area contributed by atoms with E-state index in [0.717, 1.165) is 13.0 Å². The van der Waals surface area contributed by atoms with Crippen molar-refractivity contribution in [1.82, 2.24) is 9.88 Å². The fraction of sp³-hybridized carbons (Fsp3) is 0.214. The van der Waals surface area contributed by atoms with E-state index >= 15 is 0 Å². The number of nitrogens with zero attached hydrogens (tertiary/aromatic N) is 1. The molecule has 0 aliphatic heterocycles. The zero-order valence-corrected chi connectivity index (χ0v) is 11.8. The van der Waals surface area contributed by atoms with E-state index in [1.54, 1.807) is 18.2 Å². The molecule has 0 spiro atoms. The molecular formula is C14H14Cl2N2O. The van der Waals surface area contributed by atoms with Crippen molar-refractivity contribution in [2.75, 3.05) is 6.54 Å². The Morgan fingerprint density at radius 1 is 1.21 bits per heavy atom. The monoisotopic (exact) mass is 296 g/mol. The number of carbonyl (C=O) groups is 1. The highest BCUT2D eigenvalue weighted by atomic mass is 35.5. The van der Waals surface area contributed by atoms with Crippen LogP contribution in [0.3, 0.4) is 0 Å². The summed E-state index contributed by atoms with van der Waals surface area (Å²) >= 11 is 11.8. The maximum atomic E-state index is 11.9. The third-order valence-corrected chi connectivity index (χ3v) is 3.28. The van der Waals surface area contributed by atoms with Crippen LogP contribution in [0.2, 0.25) is 10.0 Å². The van der Waals surface area contributed by atoms with Crippen LogP contribution in [0.4, 0.5) is 0 Å². The average Bonchev–Trinajstić information content (AvgIpc) is 2.90. The van der Waals surface area contributed by atoms with Crippen LogP contribution in [0.5, 0.6) is 0 Å². The van der Waals surface area contributed by atoms with Crippen molar-refractivity contribution in [2.45, 2.75) is 13.0 Å². The molecule has 0 atom stereocenters. The van der Waals surface area contributed by atoms with Gasteiger partial charge in [-0.25, -0.2) is 0 Å². The van der Waals surface area contributed by atoms with Crippen molar-refractivity contribution in [3.05, 3.63) is 58.3 Å². The zero-order valence-electron chi connectivity index (χ0n) is 10.3. The second-order valence-electron chi connectivity index (χ2n) is 4.15. The molecule has 2 aromatic rings. The summed E-state index contributed by atoms with van der Waals surface area (Å²) in [5, 5.41) is 3.75. The summed E-state index contributed by atoms with van der Waals surface area (Å²) in [6.07, 6.45) is 4.85. The van der Waals surface area contributed by atoms with Crippen LogP contribution < -0.4 is 5.32 Å². The summed E-state index contributed by atoms with van der Waals surface area (Å²) in [6.45, 7) is 1.47. The highest BCUT2D eigenvalue weighted by Crippen LogP contribution is 2.20. The lowest BCUT2D eigenvalue weighted by Gasteiger charge is -2.07. The minimum absolute atomic E-state index is 0.194. The Bertz CT molecular complexity index is 553. The van der Waals surface area contributed by atoms with E-state index in [1.807, 2.05) is 24.5 Å². The van der Waals surface area contributed by atoms with E-state index in [9.17, 15) is 4.79 Å². The molecule has 2 rings (SSSR count). The number of hydrogen-bond acceptors (Lipinski definition) is 1. The van der Waals surface area contributed by atoms with E-state index in [0.29, 0.717) is 22.2 Å². The largest absolute Gasteiger partial charge is 0.354 e. The van der Waals surface area contributed by atoms with Gasteiger partial charge in [0, 0.05) is 30.5 Å². The zero-order chi connectivity index (χ0) is 13.7. The first-order chi connectivity index (χ1) is 9.16. The molecule has 1 amide bonds. The predicted molar refractivity (Wildman–Crippen MR) is 77.8 cm³/mol. The van der Waals surface area contributed by atoms with Crippen molar-refractivity contribution in [1.29, 1.82) is 0 Å². The minimum Gasteiger partial charge on any atom is -0.354 e. The Morgan fingerprint density at radius 3 is 2.68 bits per heavy atom. The fourth-order valence-electron chi connectivity index (χ4n) is 1.75. The molecule has 0 unspecified atom stereocenters. The number of nitrogens with one attached hydrogen (secondary N) is 1. The van der Waals surface area contributed by atoms with Gasteiger partial charge in [0.15, 0.2) is 0 Å². The Balaban J connectivity index is 1.82. The third kappa shape index (κ3) is 4.01. The molecule has 1 heterocycles. The maximum Gasteiger partial charge on any atom is 0.252 e. The number of rotatable bonds is 5. The summed E-state index contributed by atoms with van der Waals surface area (Å²) < 4.78 is 2.07. The lowest BCUT2D eigenvalue weighted by atomic mass is 10.2. The Kier molecular flexibility index (Phi) is 4.88. The summed E-state index contributed by atoms with van der Waals surface area (Å²) in [5.41, 5.74) is 0.412. The number of hydrogen-bond donors (Lipinski definition) is 1. The van der Waals surface area contributed by atoms with E-state index in [-0.39, 0.29) is 5.91 Å². The SMILES string of the molecule is O=C(NCCCn1cccc1)c1cc(Cl)ccc1Cl. The fourth-order valence-corrected chi connectivity index (χ4v) is 2.12. The van der Waals surface area contributed by atoms with Gasteiger partial charge in [-0.15, -0.1) is 0 Å². The molecule has 1 aromatic heterocycles. The molecule has 0 aliphatic carbocycles. The number of aryl methyl sites for hydroxylation is 1. The standard InChI is InChI=1S/C14H14Cl2N2O/c15-11-4-5-13(16)12(10-11)14(19)17-6-3-9-18-7-1-2-8-18/h1-2,4-5,7-8,10H,3,6,9H2,(H,17,19). The van der Waals surface area contributed by atoms with Gasteiger partial charge in [-0.1, -0.05) is 23.2 Å². The molecule has 1 N–H and O–H groups in total. The van der Waals surface area contributed by atoms with Gasteiger partial charge in [0.25, 0.3) is 5.91 Å². The number of carbonyl (C=O) groups excluding carboxylic acids is 1. The smallest absolute Gasteiger partial charge is 0.252 e. The van der Waals surface area contributed by atoms with Crippen LogP contribution in [0.25, 0.3) is 0 Å². The van der Waals surface area contributed by atoms with Gasteiger partial charge >= 0.3 is 0 Å². The Morgan fingerprint density at radius 2 is 1.95 bits per heavy atom. The lowest BCUT2D eigenvalue weighted by molar-refractivity contribution is 0.0953. The molecule has 0 bridgehead atoms. The van der Waals surface area contributed by atoms with Gasteiger partial charge in [0.1, 0.15) is 0 Å². The van der Waals surface area contributed by atoms with Gasteiger partial charge < -0.3 is 9.88 Å². The third-order valence-electron chi connectivity index (χ3n) is 2.72. The van der Waals surface area contributed by atoms with Gasteiger partial charge in [-0.05, 0) is 36.8 Å². The van der Waals surface area contributed by atoms with E-state index in [2.05, 4.69) is 9.88 Å². The van der Waals surface area contributed by atoms with Crippen molar-refractivity contribution in [3.63, 3.8) is 0 Å².